The number of carbonyl (C=O) groups excluding carboxylic acids is 3. The molecule has 0 aromatic rings. The van der Waals surface area contributed by atoms with Crippen molar-refractivity contribution in [3.8, 4) is 0 Å². The Kier molecular flexibility index (Phi) is 8.23. The third-order valence-electron chi connectivity index (χ3n) is 6.19. The van der Waals surface area contributed by atoms with Crippen molar-refractivity contribution < 1.29 is 33.3 Å². The molecule has 2 spiro atoms. The first-order valence-corrected chi connectivity index (χ1v) is 12.4. The van der Waals surface area contributed by atoms with Crippen LogP contribution in [-0.4, -0.2) is 109 Å². The van der Waals surface area contributed by atoms with Crippen LogP contribution in [0.2, 0.25) is 0 Å². The maximum atomic E-state index is 11.9. The number of hydrogen-bond donors (Lipinski definition) is 2. The lowest BCUT2D eigenvalue weighted by Gasteiger charge is -2.34. The fourth-order valence-electron chi connectivity index (χ4n) is 4.47. The largest absolute Gasteiger partial charge is 0.444 e. The highest BCUT2D eigenvalue weighted by molar-refractivity contribution is 5.78. The van der Waals surface area contributed by atoms with E-state index >= 15 is 0 Å². The molecule has 0 aromatic heterocycles. The standard InChI is InChI=1S/C12H20N2O4.C12H22N2O3/c1-11(2,3)18-10(16)14-5-4-12(8-14)7-13-9(15)6-17-12;1-11(2,3)17-10(15)14-6-4-12(9-14)8-13-5-7-16-12/h4-8H2,1-3H3,(H,13,15);13H,4-9H2,1-3H3/t2*12-/m00/s1. The first-order valence-electron chi connectivity index (χ1n) is 12.4. The zero-order valence-corrected chi connectivity index (χ0v) is 22.0. The van der Waals surface area contributed by atoms with Crippen LogP contribution in [-0.2, 0) is 23.7 Å². The smallest absolute Gasteiger partial charge is 0.410 e. The lowest BCUT2D eigenvalue weighted by Crippen LogP contribution is -2.54. The van der Waals surface area contributed by atoms with Crippen molar-refractivity contribution in [3.63, 3.8) is 0 Å². The van der Waals surface area contributed by atoms with Crippen molar-refractivity contribution in [1.29, 1.82) is 0 Å². The number of nitrogens with one attached hydrogen (secondary N) is 2. The van der Waals surface area contributed by atoms with Gasteiger partial charge in [0.1, 0.15) is 23.4 Å². The molecular formula is C24H42N4O7. The molecule has 4 heterocycles. The average molecular weight is 499 g/mol. The summed E-state index contributed by atoms with van der Waals surface area (Å²) in [6.07, 6.45) is 1.06. The Labute approximate surface area is 208 Å². The summed E-state index contributed by atoms with van der Waals surface area (Å²) in [6.45, 7) is 16.6. The molecule has 4 aliphatic heterocycles. The fourth-order valence-corrected chi connectivity index (χ4v) is 4.47. The zero-order valence-electron chi connectivity index (χ0n) is 22.0. The van der Waals surface area contributed by atoms with Gasteiger partial charge in [-0.15, -0.1) is 0 Å². The van der Waals surface area contributed by atoms with Crippen LogP contribution in [0.1, 0.15) is 54.4 Å². The van der Waals surface area contributed by atoms with E-state index in [-0.39, 0.29) is 30.3 Å². The van der Waals surface area contributed by atoms with Crippen molar-refractivity contribution in [2.45, 2.75) is 76.8 Å². The highest BCUT2D eigenvalue weighted by atomic mass is 16.6. The first kappa shape index (κ1) is 27.5. The van der Waals surface area contributed by atoms with Crippen LogP contribution >= 0.6 is 0 Å². The molecule has 0 aromatic carbocycles. The zero-order chi connectivity index (χ0) is 25.9. The fraction of sp³-hybridized carbons (Fsp3) is 0.875. The first-order chi connectivity index (χ1) is 16.2. The number of likely N-dealkylation sites (tertiary alicyclic amines) is 2. The Morgan fingerprint density at radius 3 is 1.77 bits per heavy atom. The Bertz CT molecular complexity index is 774. The van der Waals surface area contributed by atoms with Crippen LogP contribution in [0.4, 0.5) is 9.59 Å². The minimum Gasteiger partial charge on any atom is -0.444 e. The molecule has 4 rings (SSSR count). The second-order valence-electron chi connectivity index (χ2n) is 11.8. The van der Waals surface area contributed by atoms with Gasteiger partial charge in [-0.3, -0.25) is 4.79 Å². The van der Waals surface area contributed by atoms with Gasteiger partial charge in [0.2, 0.25) is 5.91 Å². The molecule has 200 valence electrons. The number of nitrogens with zero attached hydrogens (tertiary/aromatic N) is 2. The molecule has 0 unspecified atom stereocenters. The van der Waals surface area contributed by atoms with Gasteiger partial charge in [-0.25, -0.2) is 9.59 Å². The monoisotopic (exact) mass is 498 g/mol. The van der Waals surface area contributed by atoms with Gasteiger partial charge in [0.05, 0.1) is 25.3 Å². The molecule has 3 amide bonds. The predicted molar refractivity (Wildman–Crippen MR) is 128 cm³/mol. The summed E-state index contributed by atoms with van der Waals surface area (Å²) in [5, 5.41) is 6.10. The number of ether oxygens (including phenoxy) is 4. The summed E-state index contributed by atoms with van der Waals surface area (Å²) in [5.41, 5.74) is -1.53. The molecule has 0 aliphatic carbocycles. The molecule has 0 bridgehead atoms. The van der Waals surface area contributed by atoms with E-state index in [1.54, 1.807) is 9.80 Å². The van der Waals surface area contributed by atoms with E-state index in [2.05, 4.69) is 10.6 Å². The van der Waals surface area contributed by atoms with Crippen LogP contribution < -0.4 is 10.6 Å². The van der Waals surface area contributed by atoms with E-state index in [9.17, 15) is 14.4 Å². The summed E-state index contributed by atoms with van der Waals surface area (Å²) in [7, 11) is 0. The highest BCUT2D eigenvalue weighted by Gasteiger charge is 2.45. The van der Waals surface area contributed by atoms with Gasteiger partial charge in [-0.05, 0) is 54.4 Å². The lowest BCUT2D eigenvalue weighted by atomic mass is 10.0. The van der Waals surface area contributed by atoms with E-state index in [0.29, 0.717) is 26.2 Å². The molecule has 2 N–H and O–H groups in total. The van der Waals surface area contributed by atoms with Crippen molar-refractivity contribution in [2.24, 2.45) is 0 Å². The summed E-state index contributed by atoms with van der Waals surface area (Å²) in [4.78, 5) is 38.3. The Morgan fingerprint density at radius 2 is 1.37 bits per heavy atom. The van der Waals surface area contributed by atoms with Gasteiger partial charge in [-0.2, -0.15) is 0 Å². The van der Waals surface area contributed by atoms with Crippen LogP contribution in [0, 0.1) is 0 Å². The normalized spacial score (nSPS) is 29.0. The third kappa shape index (κ3) is 7.94. The molecule has 0 radical (unpaired) electrons. The molecule has 11 nitrogen and oxygen atoms in total. The molecular weight excluding hydrogens is 456 g/mol. The summed E-state index contributed by atoms with van der Waals surface area (Å²) in [5.74, 6) is -0.101. The highest BCUT2D eigenvalue weighted by Crippen LogP contribution is 2.29. The second kappa shape index (κ2) is 10.5. The van der Waals surface area contributed by atoms with E-state index in [4.69, 9.17) is 18.9 Å². The topological polar surface area (TPSA) is 119 Å². The predicted octanol–water partition coefficient (Wildman–Crippen LogP) is 1.50. The molecule has 0 saturated carbocycles. The van der Waals surface area contributed by atoms with Crippen LogP contribution in [0.3, 0.4) is 0 Å². The summed E-state index contributed by atoms with van der Waals surface area (Å²) >= 11 is 0. The van der Waals surface area contributed by atoms with Crippen molar-refractivity contribution in [3.05, 3.63) is 0 Å². The van der Waals surface area contributed by atoms with E-state index in [0.717, 1.165) is 39.1 Å². The maximum Gasteiger partial charge on any atom is 0.410 e. The molecule has 11 heteroatoms. The van der Waals surface area contributed by atoms with E-state index < -0.39 is 16.8 Å². The number of hydrogen-bond acceptors (Lipinski definition) is 8. The quantitative estimate of drug-likeness (QED) is 0.516. The minimum absolute atomic E-state index is 0.0716. The van der Waals surface area contributed by atoms with E-state index in [1.165, 1.54) is 0 Å². The molecule has 35 heavy (non-hydrogen) atoms. The number of morpholine rings is 2. The van der Waals surface area contributed by atoms with Crippen LogP contribution in [0.25, 0.3) is 0 Å². The van der Waals surface area contributed by atoms with Gasteiger partial charge in [0, 0.05) is 32.7 Å². The van der Waals surface area contributed by atoms with Crippen LogP contribution in [0.5, 0.6) is 0 Å². The maximum absolute atomic E-state index is 11.9. The Morgan fingerprint density at radius 1 is 0.857 bits per heavy atom. The van der Waals surface area contributed by atoms with Gasteiger partial charge in [0.15, 0.2) is 0 Å². The number of rotatable bonds is 0. The van der Waals surface area contributed by atoms with E-state index in [1.807, 2.05) is 41.5 Å². The second-order valence-corrected chi connectivity index (χ2v) is 11.8. The number of amides is 3. The summed E-state index contributed by atoms with van der Waals surface area (Å²) in [6, 6.07) is 0. The average Bonchev–Trinajstić information content (AvgIpc) is 3.35. The van der Waals surface area contributed by atoms with Crippen molar-refractivity contribution in [1.82, 2.24) is 20.4 Å². The lowest BCUT2D eigenvalue weighted by molar-refractivity contribution is -0.142. The van der Waals surface area contributed by atoms with Gasteiger partial charge in [-0.1, -0.05) is 0 Å². The molecule has 2 atom stereocenters. The molecule has 4 saturated heterocycles. The SMILES string of the molecule is CC(C)(C)OC(=O)N1CC[C@]2(CNC(=O)CO2)C1.CC(C)(C)OC(=O)N1CC[C@]2(CNCCO2)C1. The Balaban J connectivity index is 0.000000196. The third-order valence-corrected chi connectivity index (χ3v) is 6.19. The minimum atomic E-state index is -0.492. The van der Waals surface area contributed by atoms with Crippen molar-refractivity contribution in [2.75, 3.05) is 59.0 Å². The Hall–Kier alpha value is -2.11. The van der Waals surface area contributed by atoms with Gasteiger partial charge in [0.25, 0.3) is 0 Å². The van der Waals surface area contributed by atoms with Gasteiger partial charge < -0.3 is 39.4 Å². The van der Waals surface area contributed by atoms with Crippen molar-refractivity contribution >= 4 is 18.1 Å². The van der Waals surface area contributed by atoms with Crippen LogP contribution in [0.15, 0.2) is 0 Å². The molecule has 4 aliphatic rings. The number of carbonyl (C=O) groups is 3. The molecule has 4 fully saturated rings. The van der Waals surface area contributed by atoms with Gasteiger partial charge >= 0.3 is 12.2 Å². The summed E-state index contributed by atoms with van der Waals surface area (Å²) < 4.78 is 22.1.